The molecule has 3 aliphatic rings. The molecule has 5 heterocycles. The number of hydrogen-bond donors (Lipinski definition) is 4. The lowest BCUT2D eigenvalue weighted by Crippen LogP contribution is -2.54. The maximum absolute atomic E-state index is 13.3. The second-order valence-electron chi connectivity index (χ2n) is 12.9. The number of aromatic nitrogens is 3. The Hall–Kier alpha value is -5.29. The van der Waals surface area contributed by atoms with Gasteiger partial charge in [0, 0.05) is 47.0 Å². The normalized spacial score (nSPS) is 18.5. The van der Waals surface area contributed by atoms with Crippen LogP contribution in [0.25, 0.3) is 5.00 Å². The van der Waals surface area contributed by atoms with Crippen molar-refractivity contribution in [3.8, 4) is 10.8 Å². The third kappa shape index (κ3) is 6.85. The molecule has 3 atom stereocenters. The van der Waals surface area contributed by atoms with Crippen LogP contribution in [0.3, 0.4) is 0 Å². The molecule has 53 heavy (non-hydrogen) atoms. The number of carbonyl (C=O) groups is 5. The second-order valence-corrected chi connectivity index (χ2v) is 14.5. The number of halogens is 1. The van der Waals surface area contributed by atoms with Crippen LogP contribution in [0.2, 0.25) is 5.02 Å². The molecule has 4 aromatic rings. The number of benzene rings is 2. The Bertz CT molecular complexity index is 2200. The summed E-state index contributed by atoms with van der Waals surface area (Å²) in [5, 5.41) is 29.4. The molecule has 3 aliphatic heterocycles. The smallest absolute Gasteiger partial charge is 0.266 e. The summed E-state index contributed by atoms with van der Waals surface area (Å²) < 4.78 is 7.65. The van der Waals surface area contributed by atoms with E-state index in [1.807, 2.05) is 35.8 Å². The van der Waals surface area contributed by atoms with E-state index >= 15 is 0 Å². The number of amides is 5. The lowest BCUT2D eigenvalue weighted by molar-refractivity contribution is -0.136. The molecule has 0 saturated carbocycles. The molecule has 4 N–H and O–H groups in total. The van der Waals surface area contributed by atoms with Crippen LogP contribution in [0.15, 0.2) is 47.5 Å². The van der Waals surface area contributed by atoms with Crippen LogP contribution in [0.5, 0.6) is 5.75 Å². The van der Waals surface area contributed by atoms with Gasteiger partial charge < -0.3 is 15.2 Å². The van der Waals surface area contributed by atoms with Crippen molar-refractivity contribution in [2.75, 3.05) is 19.7 Å². The Labute approximate surface area is 312 Å². The predicted octanol–water partition coefficient (Wildman–Crippen LogP) is 2.69. The van der Waals surface area contributed by atoms with Crippen molar-refractivity contribution in [3.05, 3.63) is 91.8 Å². The Kier molecular flexibility index (Phi) is 9.95. The maximum Gasteiger partial charge on any atom is 0.266 e. The van der Waals surface area contributed by atoms with Crippen LogP contribution in [-0.2, 0) is 14.4 Å². The zero-order valence-corrected chi connectivity index (χ0v) is 30.5. The van der Waals surface area contributed by atoms with E-state index in [1.165, 1.54) is 18.2 Å². The van der Waals surface area contributed by atoms with Gasteiger partial charge in [-0.05, 0) is 57.0 Å². The Morgan fingerprint density at radius 1 is 1.06 bits per heavy atom. The number of imide groups is 2. The number of thiophene rings is 1. The zero-order chi connectivity index (χ0) is 37.6. The molecule has 0 bridgehead atoms. The number of aryl methyl sites for hydroxylation is 2. The van der Waals surface area contributed by atoms with Gasteiger partial charge in [-0.3, -0.25) is 49.1 Å². The summed E-state index contributed by atoms with van der Waals surface area (Å²) in [6.07, 6.45) is -0.833. The van der Waals surface area contributed by atoms with E-state index in [4.69, 9.17) is 21.3 Å². The number of nitrogens with one attached hydrogen (secondary N) is 3. The highest BCUT2D eigenvalue weighted by Gasteiger charge is 2.46. The monoisotopic (exact) mass is 758 g/mol. The number of nitrogens with zero attached hydrogens (tertiary/aromatic N) is 5. The van der Waals surface area contributed by atoms with Gasteiger partial charge in [-0.15, -0.1) is 21.5 Å². The fourth-order valence-corrected chi connectivity index (χ4v) is 8.03. The minimum Gasteiger partial charge on any atom is -0.483 e. The van der Waals surface area contributed by atoms with E-state index in [-0.39, 0.29) is 49.2 Å². The molecular formula is C36H35ClN8O7S. The van der Waals surface area contributed by atoms with Crippen LogP contribution in [0, 0.1) is 20.8 Å². The lowest BCUT2D eigenvalue weighted by Gasteiger charge is -2.27. The van der Waals surface area contributed by atoms with E-state index in [0.29, 0.717) is 16.7 Å². The molecule has 17 heteroatoms. The number of rotatable bonds is 11. The number of hydrogen-bond acceptors (Lipinski definition) is 12. The van der Waals surface area contributed by atoms with Crippen LogP contribution in [0.1, 0.15) is 79.2 Å². The van der Waals surface area contributed by atoms with Crippen LogP contribution >= 0.6 is 22.9 Å². The third-order valence-corrected chi connectivity index (χ3v) is 10.9. The zero-order valence-electron chi connectivity index (χ0n) is 28.9. The molecule has 274 valence electrons. The first-order chi connectivity index (χ1) is 25.4. The minimum absolute atomic E-state index is 0.00275. The summed E-state index contributed by atoms with van der Waals surface area (Å²) >= 11 is 7.84. The molecule has 0 aliphatic carbocycles. The number of aliphatic imine (C=N–C) groups is 1. The van der Waals surface area contributed by atoms with Gasteiger partial charge in [0.15, 0.2) is 12.4 Å². The van der Waals surface area contributed by atoms with E-state index in [2.05, 4.69) is 40.0 Å². The van der Waals surface area contributed by atoms with Gasteiger partial charge in [0.1, 0.15) is 34.9 Å². The van der Waals surface area contributed by atoms with E-state index in [1.54, 1.807) is 11.3 Å². The minimum atomic E-state index is -1.12. The number of aliphatic hydroxyl groups is 1. The van der Waals surface area contributed by atoms with Crippen molar-refractivity contribution >= 4 is 58.2 Å². The fraction of sp³-hybridized carbons (Fsp3) is 0.333. The maximum atomic E-state index is 13.3. The van der Waals surface area contributed by atoms with Crippen LogP contribution in [-0.4, -0.2) is 92.0 Å². The molecule has 2 unspecified atom stereocenters. The number of ether oxygens (including phenoxy) is 1. The molecule has 0 radical (unpaired) electrons. The standard InChI is InChI=1S/C36H35ClN8O7S/c1-17-18(2)53-36-29(17)31(20-7-9-21(37)10-8-20)40-23(32-43-42-19(3)44(32)36)15-27(47)38-13-14-39-28(48)16-52-25-6-4-5-22-30(25)35(51)45(34(22)50)24-11-12-26(46)41-33(24)49/h4-10,23-24,27,38,47H,11-16H2,1-3H3,(H,39,48)(H,41,46,49)/t23-,24?,27?/m0/s1. The number of aliphatic hydroxyl groups excluding tert-OH is 1. The Morgan fingerprint density at radius 3 is 2.58 bits per heavy atom. The van der Waals surface area contributed by atoms with Crippen molar-refractivity contribution in [2.24, 2.45) is 4.99 Å². The number of piperidine rings is 1. The van der Waals surface area contributed by atoms with Crippen LogP contribution in [0.4, 0.5) is 0 Å². The van der Waals surface area contributed by atoms with Gasteiger partial charge in [-0.25, -0.2) is 0 Å². The predicted molar refractivity (Wildman–Crippen MR) is 194 cm³/mol. The summed E-state index contributed by atoms with van der Waals surface area (Å²) in [5.41, 5.74) is 3.73. The average molecular weight is 759 g/mol. The molecule has 1 fully saturated rings. The first kappa shape index (κ1) is 36.1. The number of carbonyl (C=O) groups excluding carboxylic acids is 5. The highest BCUT2D eigenvalue weighted by molar-refractivity contribution is 7.15. The SMILES string of the molecule is Cc1sc2c(c1C)C(c1ccc(Cl)cc1)=N[C@@H](CC(O)NCCNC(=O)COc1cccc3c1C(=O)N(C1CCC(=O)NC1=O)C3=O)c1nnc(C)n1-2. The highest BCUT2D eigenvalue weighted by Crippen LogP contribution is 2.40. The first-order valence-corrected chi connectivity index (χ1v) is 18.1. The summed E-state index contributed by atoms with van der Waals surface area (Å²) in [6, 6.07) is 10.2. The van der Waals surface area contributed by atoms with Crippen molar-refractivity contribution < 1.29 is 33.8 Å². The van der Waals surface area contributed by atoms with Gasteiger partial charge in [0.05, 0.1) is 16.8 Å². The molecule has 2 aromatic carbocycles. The molecule has 7 rings (SSSR count). The Balaban J connectivity index is 0.966. The topological polar surface area (TPSA) is 197 Å². The summed E-state index contributed by atoms with van der Waals surface area (Å²) in [6.45, 7) is 5.91. The fourth-order valence-electron chi connectivity index (χ4n) is 6.69. The summed E-state index contributed by atoms with van der Waals surface area (Å²) in [4.78, 5) is 70.2. The van der Waals surface area contributed by atoms with Gasteiger partial charge >= 0.3 is 0 Å². The largest absolute Gasteiger partial charge is 0.483 e. The van der Waals surface area contributed by atoms with E-state index in [0.717, 1.165) is 37.2 Å². The summed E-state index contributed by atoms with van der Waals surface area (Å²) in [7, 11) is 0. The van der Waals surface area contributed by atoms with Crippen molar-refractivity contribution in [1.29, 1.82) is 0 Å². The van der Waals surface area contributed by atoms with Crippen molar-refractivity contribution in [1.82, 2.24) is 35.6 Å². The third-order valence-electron chi connectivity index (χ3n) is 9.42. The van der Waals surface area contributed by atoms with Gasteiger partial charge in [0.25, 0.3) is 17.7 Å². The highest BCUT2D eigenvalue weighted by atomic mass is 35.5. The average Bonchev–Trinajstić information content (AvgIpc) is 3.70. The van der Waals surface area contributed by atoms with E-state index in [9.17, 15) is 29.1 Å². The molecule has 0 spiro atoms. The van der Waals surface area contributed by atoms with E-state index < -0.39 is 54.5 Å². The molecular weight excluding hydrogens is 724 g/mol. The molecule has 15 nitrogen and oxygen atoms in total. The summed E-state index contributed by atoms with van der Waals surface area (Å²) in [5.74, 6) is -1.77. The lowest BCUT2D eigenvalue weighted by atomic mass is 9.99. The molecule has 2 aromatic heterocycles. The van der Waals surface area contributed by atoms with Crippen LogP contribution < -0.4 is 20.7 Å². The van der Waals surface area contributed by atoms with Gasteiger partial charge in [-0.2, -0.15) is 0 Å². The number of fused-ring (bicyclic) bond motifs is 4. The molecule has 1 saturated heterocycles. The molecule has 5 amide bonds. The first-order valence-electron chi connectivity index (χ1n) is 16.9. The second kappa shape index (κ2) is 14.6. The van der Waals surface area contributed by atoms with Crippen molar-refractivity contribution in [2.45, 2.75) is 58.3 Å². The Morgan fingerprint density at radius 2 is 1.83 bits per heavy atom. The quantitative estimate of drug-likeness (QED) is 0.100. The van der Waals surface area contributed by atoms with Gasteiger partial charge in [-0.1, -0.05) is 29.8 Å². The van der Waals surface area contributed by atoms with Gasteiger partial charge in [0.2, 0.25) is 11.8 Å². The van der Waals surface area contributed by atoms with Crippen molar-refractivity contribution in [3.63, 3.8) is 0 Å².